The molecule has 5 nitrogen and oxygen atoms in total. The Balaban J connectivity index is 1.90. The van der Waals surface area contributed by atoms with E-state index in [0.29, 0.717) is 6.42 Å². The molecule has 0 aromatic carbocycles. The fraction of sp³-hybridized carbons (Fsp3) is 0.667. The van der Waals surface area contributed by atoms with Gasteiger partial charge in [0.05, 0.1) is 18.9 Å². The quantitative estimate of drug-likeness (QED) is 0.439. The Bertz CT molecular complexity index is 468. The number of methoxy groups -OCH3 is 1. The van der Waals surface area contributed by atoms with Gasteiger partial charge in [0.25, 0.3) is 0 Å². The van der Waals surface area contributed by atoms with Gasteiger partial charge >= 0.3 is 5.97 Å². The van der Waals surface area contributed by atoms with E-state index in [-0.39, 0.29) is 35.5 Å². The highest BCUT2D eigenvalue weighted by atomic mass is 16.5. The maximum absolute atomic E-state index is 12.6. The molecule has 2 amide bonds. The highest BCUT2D eigenvalue weighted by Crippen LogP contribution is 2.53. The van der Waals surface area contributed by atoms with Crippen molar-refractivity contribution in [2.24, 2.45) is 23.7 Å². The molecule has 0 aromatic heterocycles. The van der Waals surface area contributed by atoms with Crippen LogP contribution in [-0.2, 0) is 19.1 Å². The number of allylic oxidation sites excluding steroid dienone is 2. The fourth-order valence-corrected chi connectivity index (χ4v) is 3.99. The van der Waals surface area contributed by atoms with E-state index in [1.807, 2.05) is 19.1 Å². The molecule has 0 radical (unpaired) electrons. The smallest absolute Gasteiger partial charge is 0.329 e. The average Bonchev–Trinajstić information content (AvgIpc) is 3.11. The molecule has 1 saturated heterocycles. The zero-order valence-electron chi connectivity index (χ0n) is 11.7. The van der Waals surface area contributed by atoms with Gasteiger partial charge in [0.2, 0.25) is 11.8 Å². The van der Waals surface area contributed by atoms with E-state index < -0.39 is 12.0 Å². The van der Waals surface area contributed by atoms with Crippen LogP contribution in [0.3, 0.4) is 0 Å². The van der Waals surface area contributed by atoms with E-state index in [9.17, 15) is 14.4 Å². The lowest BCUT2D eigenvalue weighted by Gasteiger charge is -2.25. The summed E-state index contributed by atoms with van der Waals surface area (Å²) in [6.45, 7) is 1.92. The number of carbonyl (C=O) groups is 3. The van der Waals surface area contributed by atoms with Crippen LogP contribution < -0.4 is 0 Å². The number of carbonyl (C=O) groups excluding carboxylic acids is 3. The molecule has 0 N–H and O–H groups in total. The molecule has 2 bridgehead atoms. The average molecular weight is 277 g/mol. The molecule has 20 heavy (non-hydrogen) atoms. The van der Waals surface area contributed by atoms with Crippen LogP contribution in [0.1, 0.15) is 26.2 Å². The van der Waals surface area contributed by atoms with Gasteiger partial charge in [0.1, 0.15) is 6.04 Å². The molecular formula is C15H19NO4. The van der Waals surface area contributed by atoms with E-state index in [0.717, 1.165) is 12.8 Å². The van der Waals surface area contributed by atoms with Gasteiger partial charge in [-0.05, 0) is 24.7 Å². The number of hydrogen-bond donors (Lipinski definition) is 0. The van der Waals surface area contributed by atoms with Crippen LogP contribution in [0.25, 0.3) is 0 Å². The summed E-state index contributed by atoms with van der Waals surface area (Å²) in [5.41, 5.74) is 0. The highest BCUT2D eigenvalue weighted by molar-refractivity contribution is 6.08. The molecule has 3 aliphatic rings. The van der Waals surface area contributed by atoms with Crippen LogP contribution in [0.5, 0.6) is 0 Å². The number of nitrogens with zero attached hydrogens (tertiary/aromatic N) is 1. The van der Waals surface area contributed by atoms with Crippen molar-refractivity contribution in [1.29, 1.82) is 0 Å². The minimum Gasteiger partial charge on any atom is -0.467 e. The van der Waals surface area contributed by atoms with Crippen LogP contribution in [0.4, 0.5) is 0 Å². The Kier molecular flexibility index (Phi) is 3.15. The third-order valence-corrected chi connectivity index (χ3v) is 4.85. The lowest BCUT2D eigenvalue weighted by Crippen LogP contribution is -2.46. The minimum absolute atomic E-state index is 0.173. The van der Waals surface area contributed by atoms with Gasteiger partial charge in [-0.25, -0.2) is 4.79 Å². The van der Waals surface area contributed by atoms with E-state index >= 15 is 0 Å². The summed E-state index contributed by atoms with van der Waals surface area (Å²) in [6.07, 6.45) is 6.18. The predicted octanol–water partition coefficient (Wildman–Crippen LogP) is 1.14. The lowest BCUT2D eigenvalue weighted by molar-refractivity contribution is -0.157. The first-order valence-electron chi connectivity index (χ1n) is 7.23. The largest absolute Gasteiger partial charge is 0.467 e. The van der Waals surface area contributed by atoms with Gasteiger partial charge in [-0.3, -0.25) is 14.5 Å². The first kappa shape index (κ1) is 13.3. The summed E-state index contributed by atoms with van der Waals surface area (Å²) in [7, 11) is 1.29. The maximum atomic E-state index is 12.6. The SMILES string of the molecule is CCC[C@@H](C(=O)OC)N1C(=O)[C@@H]2[C@@H](C1=O)[C@H]1C=C[C@@H]2C1. The molecule has 2 aliphatic carbocycles. The molecule has 3 rings (SSSR count). The number of fused-ring (bicyclic) bond motifs is 5. The molecule has 5 atom stereocenters. The first-order valence-corrected chi connectivity index (χ1v) is 7.23. The minimum atomic E-state index is -0.755. The van der Waals surface area contributed by atoms with Crippen molar-refractivity contribution in [2.75, 3.05) is 7.11 Å². The maximum Gasteiger partial charge on any atom is 0.329 e. The Labute approximate surface area is 117 Å². The topological polar surface area (TPSA) is 63.7 Å². The molecule has 0 unspecified atom stereocenters. The second kappa shape index (κ2) is 4.72. The normalized spacial score (nSPS) is 35.6. The number of amides is 2. The Morgan fingerprint density at radius 2 is 1.85 bits per heavy atom. The van der Waals surface area contributed by atoms with Crippen molar-refractivity contribution >= 4 is 17.8 Å². The number of imide groups is 1. The number of ether oxygens (including phenoxy) is 1. The van der Waals surface area contributed by atoms with Gasteiger partial charge in [-0.1, -0.05) is 25.5 Å². The third-order valence-electron chi connectivity index (χ3n) is 4.85. The summed E-state index contributed by atoms with van der Waals surface area (Å²) in [6, 6.07) is -0.755. The third kappa shape index (κ3) is 1.65. The Hall–Kier alpha value is -1.65. The molecular weight excluding hydrogens is 258 g/mol. The molecule has 1 aliphatic heterocycles. The second-order valence-corrected chi connectivity index (χ2v) is 5.87. The van der Waals surface area contributed by atoms with Crippen LogP contribution >= 0.6 is 0 Å². The molecule has 1 heterocycles. The predicted molar refractivity (Wildman–Crippen MR) is 70.3 cm³/mol. The van der Waals surface area contributed by atoms with E-state index in [1.165, 1.54) is 12.0 Å². The molecule has 2 fully saturated rings. The van der Waals surface area contributed by atoms with Crippen molar-refractivity contribution in [3.8, 4) is 0 Å². The van der Waals surface area contributed by atoms with Gasteiger partial charge < -0.3 is 4.74 Å². The fourth-order valence-electron chi connectivity index (χ4n) is 3.99. The summed E-state index contributed by atoms with van der Waals surface area (Å²) >= 11 is 0. The Morgan fingerprint density at radius 3 is 2.30 bits per heavy atom. The van der Waals surface area contributed by atoms with Crippen molar-refractivity contribution in [1.82, 2.24) is 4.90 Å². The van der Waals surface area contributed by atoms with Gasteiger partial charge in [0.15, 0.2) is 0 Å². The summed E-state index contributed by atoms with van der Waals surface area (Å²) in [4.78, 5) is 38.3. The van der Waals surface area contributed by atoms with Crippen molar-refractivity contribution in [3.05, 3.63) is 12.2 Å². The van der Waals surface area contributed by atoms with Crippen LogP contribution in [0.2, 0.25) is 0 Å². The van der Waals surface area contributed by atoms with Crippen molar-refractivity contribution < 1.29 is 19.1 Å². The number of esters is 1. The molecule has 0 spiro atoms. The highest BCUT2D eigenvalue weighted by Gasteiger charge is 2.61. The number of likely N-dealkylation sites (tertiary alicyclic amines) is 1. The summed E-state index contributed by atoms with van der Waals surface area (Å²) in [5.74, 6) is -1.00. The summed E-state index contributed by atoms with van der Waals surface area (Å²) in [5, 5.41) is 0. The molecule has 108 valence electrons. The van der Waals surface area contributed by atoms with Crippen LogP contribution in [-0.4, -0.2) is 35.8 Å². The Morgan fingerprint density at radius 1 is 1.30 bits per heavy atom. The van der Waals surface area contributed by atoms with E-state index in [1.54, 1.807) is 0 Å². The number of rotatable bonds is 4. The van der Waals surface area contributed by atoms with Gasteiger partial charge in [-0.15, -0.1) is 0 Å². The van der Waals surface area contributed by atoms with Gasteiger partial charge in [0, 0.05) is 0 Å². The second-order valence-electron chi connectivity index (χ2n) is 5.87. The van der Waals surface area contributed by atoms with Gasteiger partial charge in [-0.2, -0.15) is 0 Å². The summed E-state index contributed by atoms with van der Waals surface area (Å²) < 4.78 is 4.76. The van der Waals surface area contributed by atoms with Crippen LogP contribution in [0, 0.1) is 23.7 Å². The van der Waals surface area contributed by atoms with Crippen molar-refractivity contribution in [2.45, 2.75) is 32.2 Å². The zero-order valence-corrected chi connectivity index (χ0v) is 11.7. The van der Waals surface area contributed by atoms with Crippen molar-refractivity contribution in [3.63, 3.8) is 0 Å². The molecule has 0 aromatic rings. The molecule has 1 saturated carbocycles. The first-order chi connectivity index (χ1) is 9.60. The monoisotopic (exact) mass is 277 g/mol. The number of hydrogen-bond acceptors (Lipinski definition) is 4. The zero-order chi connectivity index (χ0) is 14.4. The van der Waals surface area contributed by atoms with E-state index in [2.05, 4.69) is 0 Å². The standard InChI is InChI=1S/C15H19NO4/c1-3-4-10(15(19)20-2)16-13(17)11-8-5-6-9(7-8)12(11)14(16)18/h5-6,8-12H,3-4,7H2,1-2H3/t8-,9+,10-,11-,12-/m0/s1. The van der Waals surface area contributed by atoms with Crippen LogP contribution in [0.15, 0.2) is 12.2 Å². The van der Waals surface area contributed by atoms with E-state index in [4.69, 9.17) is 4.74 Å². The molecule has 5 heteroatoms. The lowest BCUT2D eigenvalue weighted by atomic mass is 9.85.